The van der Waals surface area contributed by atoms with Crippen molar-refractivity contribution < 1.29 is 4.74 Å². The fourth-order valence-corrected chi connectivity index (χ4v) is 1.95. The zero-order valence-electron chi connectivity index (χ0n) is 10.6. The van der Waals surface area contributed by atoms with Crippen molar-refractivity contribution in [1.29, 1.82) is 0 Å². The van der Waals surface area contributed by atoms with E-state index in [9.17, 15) is 0 Å². The molecule has 1 N–H and O–H groups in total. The van der Waals surface area contributed by atoms with Crippen LogP contribution in [0.2, 0.25) is 0 Å². The number of likely N-dealkylation sites (N-methyl/N-ethyl adjacent to an activating group) is 1. The van der Waals surface area contributed by atoms with Crippen LogP contribution in [0.15, 0.2) is 0 Å². The Morgan fingerprint density at radius 3 is 2.19 bits per heavy atom. The van der Waals surface area contributed by atoms with E-state index in [0.717, 1.165) is 38.8 Å². The van der Waals surface area contributed by atoms with E-state index in [0.29, 0.717) is 6.04 Å². The Hall–Kier alpha value is 0.460. The molecular formula is C11H26Cl2N2O. The average molecular weight is 273 g/mol. The molecule has 1 unspecified atom stereocenters. The molecule has 100 valence electrons. The minimum Gasteiger partial charge on any atom is -0.379 e. The maximum Gasteiger partial charge on any atom is 0.0594 e. The third-order valence-electron chi connectivity index (χ3n) is 2.75. The van der Waals surface area contributed by atoms with Crippen molar-refractivity contribution in [2.24, 2.45) is 5.92 Å². The van der Waals surface area contributed by atoms with E-state index in [2.05, 4.69) is 31.1 Å². The summed E-state index contributed by atoms with van der Waals surface area (Å²) in [5.74, 6) is 0.772. The average Bonchev–Trinajstić information content (AvgIpc) is 2.17. The summed E-state index contributed by atoms with van der Waals surface area (Å²) < 4.78 is 5.33. The molecule has 1 heterocycles. The minimum atomic E-state index is 0. The van der Waals surface area contributed by atoms with E-state index in [1.807, 2.05) is 0 Å². The summed E-state index contributed by atoms with van der Waals surface area (Å²) in [4.78, 5) is 2.49. The Kier molecular flexibility index (Phi) is 12.5. The van der Waals surface area contributed by atoms with Crippen molar-refractivity contribution in [2.45, 2.75) is 26.3 Å². The third kappa shape index (κ3) is 7.69. The first-order chi connectivity index (χ1) is 6.72. The molecule has 1 fully saturated rings. The van der Waals surface area contributed by atoms with Crippen LogP contribution in [0.25, 0.3) is 0 Å². The molecule has 1 saturated heterocycles. The lowest BCUT2D eigenvalue weighted by Crippen LogP contribution is -2.45. The molecule has 1 aliphatic rings. The predicted molar refractivity (Wildman–Crippen MR) is 74.1 cm³/mol. The van der Waals surface area contributed by atoms with Crippen LogP contribution < -0.4 is 5.32 Å². The van der Waals surface area contributed by atoms with Gasteiger partial charge in [0, 0.05) is 25.7 Å². The summed E-state index contributed by atoms with van der Waals surface area (Å²) in [5.41, 5.74) is 0. The second kappa shape index (κ2) is 10.6. The Labute approximate surface area is 112 Å². The van der Waals surface area contributed by atoms with Crippen LogP contribution in [0.4, 0.5) is 0 Å². The number of morpholine rings is 1. The quantitative estimate of drug-likeness (QED) is 0.826. The van der Waals surface area contributed by atoms with Gasteiger partial charge in [0.2, 0.25) is 0 Å². The number of hydrogen-bond acceptors (Lipinski definition) is 3. The molecule has 0 aromatic carbocycles. The number of nitrogens with one attached hydrogen (secondary N) is 1. The molecular weight excluding hydrogens is 247 g/mol. The Morgan fingerprint density at radius 1 is 1.19 bits per heavy atom. The molecule has 3 nitrogen and oxygen atoms in total. The highest BCUT2D eigenvalue weighted by Crippen LogP contribution is 2.07. The first-order valence-corrected chi connectivity index (χ1v) is 5.69. The lowest BCUT2D eigenvalue weighted by atomic mass is 10.0. The lowest BCUT2D eigenvalue weighted by Gasteiger charge is -2.31. The van der Waals surface area contributed by atoms with Gasteiger partial charge < -0.3 is 10.1 Å². The van der Waals surface area contributed by atoms with Crippen LogP contribution in [0.3, 0.4) is 0 Å². The summed E-state index contributed by atoms with van der Waals surface area (Å²) >= 11 is 0. The Balaban J connectivity index is 0. The first kappa shape index (κ1) is 18.8. The molecule has 0 aromatic heterocycles. The van der Waals surface area contributed by atoms with Gasteiger partial charge in [0.25, 0.3) is 0 Å². The smallest absolute Gasteiger partial charge is 0.0594 e. The number of ether oxygens (including phenoxy) is 1. The molecule has 1 atom stereocenters. The zero-order chi connectivity index (χ0) is 10.4. The van der Waals surface area contributed by atoms with Crippen LogP contribution in [0, 0.1) is 5.92 Å². The lowest BCUT2D eigenvalue weighted by molar-refractivity contribution is 0.0329. The standard InChI is InChI=1S/C11H24N2O.2ClH/c1-10(2)8-11(12-3)9-13-4-6-14-7-5-13;;/h10-12H,4-9H2,1-3H3;2*1H. The summed E-state index contributed by atoms with van der Waals surface area (Å²) in [6, 6.07) is 0.632. The van der Waals surface area contributed by atoms with Gasteiger partial charge in [-0.15, -0.1) is 24.8 Å². The van der Waals surface area contributed by atoms with E-state index in [-0.39, 0.29) is 24.8 Å². The van der Waals surface area contributed by atoms with E-state index >= 15 is 0 Å². The topological polar surface area (TPSA) is 24.5 Å². The van der Waals surface area contributed by atoms with Crippen molar-refractivity contribution in [3.63, 3.8) is 0 Å². The maximum atomic E-state index is 5.33. The van der Waals surface area contributed by atoms with Crippen molar-refractivity contribution in [2.75, 3.05) is 39.9 Å². The second-order valence-corrected chi connectivity index (χ2v) is 4.53. The minimum absolute atomic E-state index is 0. The normalized spacial score (nSPS) is 18.8. The molecule has 0 spiro atoms. The zero-order valence-corrected chi connectivity index (χ0v) is 12.2. The number of hydrogen-bond donors (Lipinski definition) is 1. The molecule has 1 rings (SSSR count). The highest BCUT2D eigenvalue weighted by atomic mass is 35.5. The molecule has 0 amide bonds. The molecule has 0 radical (unpaired) electrons. The highest BCUT2D eigenvalue weighted by molar-refractivity contribution is 5.85. The van der Waals surface area contributed by atoms with Crippen molar-refractivity contribution >= 4 is 24.8 Å². The van der Waals surface area contributed by atoms with Crippen molar-refractivity contribution in [3.8, 4) is 0 Å². The fourth-order valence-electron chi connectivity index (χ4n) is 1.95. The molecule has 0 bridgehead atoms. The van der Waals surface area contributed by atoms with Gasteiger partial charge in [0.1, 0.15) is 0 Å². The molecule has 0 aliphatic carbocycles. The molecule has 0 saturated carbocycles. The summed E-state index contributed by atoms with van der Waals surface area (Å²) in [6.07, 6.45) is 1.26. The van der Waals surface area contributed by atoms with Crippen LogP contribution >= 0.6 is 24.8 Å². The second-order valence-electron chi connectivity index (χ2n) is 4.53. The number of nitrogens with zero attached hydrogens (tertiary/aromatic N) is 1. The highest BCUT2D eigenvalue weighted by Gasteiger charge is 2.15. The molecule has 0 aromatic rings. The first-order valence-electron chi connectivity index (χ1n) is 5.69. The summed E-state index contributed by atoms with van der Waals surface area (Å²) in [6.45, 7) is 9.72. The van der Waals surface area contributed by atoms with E-state index in [1.54, 1.807) is 0 Å². The Bertz CT molecular complexity index is 153. The van der Waals surface area contributed by atoms with Gasteiger partial charge in [-0.1, -0.05) is 13.8 Å². The van der Waals surface area contributed by atoms with Crippen LogP contribution in [0.5, 0.6) is 0 Å². The number of halogens is 2. The van der Waals surface area contributed by atoms with E-state index in [1.165, 1.54) is 6.42 Å². The summed E-state index contributed by atoms with van der Waals surface area (Å²) in [7, 11) is 2.06. The van der Waals surface area contributed by atoms with Crippen molar-refractivity contribution in [3.05, 3.63) is 0 Å². The van der Waals surface area contributed by atoms with Crippen LogP contribution in [0.1, 0.15) is 20.3 Å². The van der Waals surface area contributed by atoms with Gasteiger partial charge in [-0.2, -0.15) is 0 Å². The molecule has 5 heteroatoms. The van der Waals surface area contributed by atoms with Gasteiger partial charge in [0.05, 0.1) is 13.2 Å². The largest absolute Gasteiger partial charge is 0.379 e. The van der Waals surface area contributed by atoms with Gasteiger partial charge >= 0.3 is 0 Å². The monoisotopic (exact) mass is 272 g/mol. The number of rotatable bonds is 5. The van der Waals surface area contributed by atoms with Gasteiger partial charge in [-0.05, 0) is 19.4 Å². The van der Waals surface area contributed by atoms with Crippen LogP contribution in [-0.4, -0.2) is 50.8 Å². The Morgan fingerprint density at radius 2 is 1.75 bits per heavy atom. The van der Waals surface area contributed by atoms with Crippen LogP contribution in [-0.2, 0) is 4.74 Å². The van der Waals surface area contributed by atoms with E-state index in [4.69, 9.17) is 4.74 Å². The van der Waals surface area contributed by atoms with Crippen molar-refractivity contribution in [1.82, 2.24) is 10.2 Å². The SMILES string of the molecule is CNC(CC(C)C)CN1CCOCC1.Cl.Cl. The third-order valence-corrected chi connectivity index (χ3v) is 2.75. The van der Waals surface area contributed by atoms with E-state index < -0.39 is 0 Å². The molecule has 16 heavy (non-hydrogen) atoms. The van der Waals surface area contributed by atoms with Gasteiger partial charge in [-0.3, -0.25) is 4.90 Å². The maximum absolute atomic E-state index is 5.33. The summed E-state index contributed by atoms with van der Waals surface area (Å²) in [5, 5.41) is 3.40. The van der Waals surface area contributed by atoms with Gasteiger partial charge in [-0.25, -0.2) is 0 Å². The molecule has 1 aliphatic heterocycles. The predicted octanol–water partition coefficient (Wildman–Crippen LogP) is 1.80. The fraction of sp³-hybridized carbons (Fsp3) is 1.00. The van der Waals surface area contributed by atoms with Gasteiger partial charge in [0.15, 0.2) is 0 Å².